The van der Waals surface area contributed by atoms with Gasteiger partial charge in [0.15, 0.2) is 0 Å². The fourth-order valence-electron chi connectivity index (χ4n) is 4.13. The molecule has 1 N–H and O–H groups in total. The Balaban J connectivity index is 1.58. The van der Waals surface area contributed by atoms with Crippen LogP contribution in [0.1, 0.15) is 64.6 Å². The Hall–Kier alpha value is -3.40. The van der Waals surface area contributed by atoms with Crippen molar-refractivity contribution < 1.29 is 4.79 Å². The number of nitrogens with zero attached hydrogens (tertiary/aromatic N) is 2. The SMILES string of the molecule is CCC(C)c1ccc(Cn2c(CNC(=O)c3ccc(C)cc3C)nc3ccccc32)cc1. The second-order valence-electron chi connectivity index (χ2n) is 8.65. The molecule has 164 valence electrons. The van der Waals surface area contributed by atoms with Gasteiger partial charge >= 0.3 is 0 Å². The lowest BCUT2D eigenvalue weighted by molar-refractivity contribution is 0.0949. The second-order valence-corrected chi connectivity index (χ2v) is 8.65. The Morgan fingerprint density at radius 3 is 2.50 bits per heavy atom. The van der Waals surface area contributed by atoms with Crippen molar-refractivity contribution in [2.45, 2.75) is 53.1 Å². The largest absolute Gasteiger partial charge is 0.345 e. The zero-order valence-corrected chi connectivity index (χ0v) is 19.4. The highest BCUT2D eigenvalue weighted by Gasteiger charge is 2.14. The van der Waals surface area contributed by atoms with Crippen LogP contribution in [0.4, 0.5) is 0 Å². The molecule has 0 radical (unpaired) electrons. The number of para-hydroxylation sites is 2. The van der Waals surface area contributed by atoms with E-state index in [1.807, 2.05) is 50.2 Å². The summed E-state index contributed by atoms with van der Waals surface area (Å²) >= 11 is 0. The van der Waals surface area contributed by atoms with Crippen molar-refractivity contribution in [1.82, 2.24) is 14.9 Å². The highest BCUT2D eigenvalue weighted by atomic mass is 16.1. The van der Waals surface area contributed by atoms with Gasteiger partial charge in [0.1, 0.15) is 5.82 Å². The van der Waals surface area contributed by atoms with Crippen molar-refractivity contribution in [2.75, 3.05) is 0 Å². The molecule has 1 aromatic heterocycles. The molecule has 32 heavy (non-hydrogen) atoms. The van der Waals surface area contributed by atoms with Gasteiger partial charge < -0.3 is 9.88 Å². The molecular weight excluding hydrogens is 394 g/mol. The third-order valence-electron chi connectivity index (χ3n) is 6.27. The summed E-state index contributed by atoms with van der Waals surface area (Å²) in [6.45, 7) is 9.58. The van der Waals surface area contributed by atoms with Crippen molar-refractivity contribution in [3.8, 4) is 0 Å². The standard InChI is InChI=1S/C28H31N3O/c1-5-20(3)23-13-11-22(12-14-23)18-31-26-9-7-6-8-25(26)30-27(31)17-29-28(32)24-15-10-19(2)16-21(24)4/h6-16,20H,5,17-18H2,1-4H3,(H,29,32). The number of fused-ring (bicyclic) bond motifs is 1. The van der Waals surface area contributed by atoms with Crippen molar-refractivity contribution in [1.29, 1.82) is 0 Å². The van der Waals surface area contributed by atoms with Gasteiger partial charge in [-0.25, -0.2) is 4.98 Å². The Bertz CT molecular complexity index is 1240. The van der Waals surface area contributed by atoms with Gasteiger partial charge in [-0.05, 0) is 61.1 Å². The topological polar surface area (TPSA) is 46.9 Å². The number of hydrogen-bond donors (Lipinski definition) is 1. The number of nitrogens with one attached hydrogen (secondary N) is 1. The van der Waals surface area contributed by atoms with Gasteiger partial charge in [0.2, 0.25) is 0 Å². The van der Waals surface area contributed by atoms with Crippen LogP contribution in [0.15, 0.2) is 66.7 Å². The number of aromatic nitrogens is 2. The molecule has 4 heteroatoms. The number of amides is 1. The first kappa shape index (κ1) is 21.8. The number of hydrogen-bond acceptors (Lipinski definition) is 2. The number of carbonyl (C=O) groups is 1. The minimum absolute atomic E-state index is 0.0704. The third-order valence-corrected chi connectivity index (χ3v) is 6.27. The lowest BCUT2D eigenvalue weighted by Gasteiger charge is -2.13. The minimum atomic E-state index is -0.0704. The van der Waals surface area contributed by atoms with Crippen molar-refractivity contribution in [3.63, 3.8) is 0 Å². The van der Waals surface area contributed by atoms with Crippen LogP contribution < -0.4 is 5.32 Å². The van der Waals surface area contributed by atoms with Gasteiger partial charge in [0.25, 0.3) is 5.91 Å². The van der Waals surface area contributed by atoms with E-state index in [1.165, 1.54) is 11.1 Å². The molecule has 3 aromatic carbocycles. The molecule has 4 aromatic rings. The molecule has 0 spiro atoms. The van der Waals surface area contributed by atoms with Crippen LogP contribution in [0, 0.1) is 13.8 Å². The molecule has 1 amide bonds. The van der Waals surface area contributed by atoms with Crippen LogP contribution in [0.3, 0.4) is 0 Å². The monoisotopic (exact) mass is 425 g/mol. The van der Waals surface area contributed by atoms with Gasteiger partial charge in [-0.15, -0.1) is 0 Å². The molecule has 1 unspecified atom stereocenters. The molecule has 0 saturated heterocycles. The minimum Gasteiger partial charge on any atom is -0.345 e. The maximum Gasteiger partial charge on any atom is 0.251 e. The van der Waals surface area contributed by atoms with E-state index in [9.17, 15) is 4.79 Å². The average molecular weight is 426 g/mol. The second kappa shape index (κ2) is 9.39. The van der Waals surface area contributed by atoms with E-state index in [1.54, 1.807) is 0 Å². The van der Waals surface area contributed by atoms with Crippen LogP contribution in [0.2, 0.25) is 0 Å². The van der Waals surface area contributed by atoms with Crippen LogP contribution in [0.25, 0.3) is 11.0 Å². The van der Waals surface area contributed by atoms with Gasteiger partial charge in [-0.1, -0.05) is 67.9 Å². The van der Waals surface area contributed by atoms with Crippen LogP contribution in [-0.4, -0.2) is 15.5 Å². The lowest BCUT2D eigenvalue weighted by atomic mass is 9.98. The summed E-state index contributed by atoms with van der Waals surface area (Å²) in [5, 5.41) is 3.07. The Labute approximate surface area is 190 Å². The smallest absolute Gasteiger partial charge is 0.251 e. The van der Waals surface area contributed by atoms with Crippen molar-refractivity contribution in [2.24, 2.45) is 0 Å². The summed E-state index contributed by atoms with van der Waals surface area (Å²) in [5.41, 5.74) is 7.46. The van der Waals surface area contributed by atoms with E-state index in [0.29, 0.717) is 18.0 Å². The summed E-state index contributed by atoms with van der Waals surface area (Å²) in [4.78, 5) is 17.6. The van der Waals surface area contributed by atoms with Gasteiger partial charge in [-0.3, -0.25) is 4.79 Å². The summed E-state index contributed by atoms with van der Waals surface area (Å²) in [6.07, 6.45) is 1.13. The number of rotatable bonds is 7. The quantitative estimate of drug-likeness (QED) is 0.386. The van der Waals surface area contributed by atoms with Gasteiger partial charge in [0, 0.05) is 12.1 Å². The van der Waals surface area contributed by atoms with Crippen LogP contribution in [-0.2, 0) is 13.1 Å². The molecule has 4 nitrogen and oxygen atoms in total. The fourth-order valence-corrected chi connectivity index (χ4v) is 4.13. The van der Waals surface area contributed by atoms with E-state index in [4.69, 9.17) is 4.98 Å². The fraction of sp³-hybridized carbons (Fsp3) is 0.286. The van der Waals surface area contributed by atoms with E-state index in [0.717, 1.165) is 41.0 Å². The van der Waals surface area contributed by atoms with E-state index in [2.05, 4.69) is 54.1 Å². The number of benzene rings is 3. The molecule has 1 atom stereocenters. The van der Waals surface area contributed by atoms with E-state index >= 15 is 0 Å². The Morgan fingerprint density at radius 1 is 1.03 bits per heavy atom. The van der Waals surface area contributed by atoms with Gasteiger partial charge in [0.05, 0.1) is 17.6 Å². The predicted octanol–water partition coefficient (Wildman–Crippen LogP) is 6.14. The first-order valence-corrected chi connectivity index (χ1v) is 11.3. The van der Waals surface area contributed by atoms with Gasteiger partial charge in [-0.2, -0.15) is 0 Å². The third kappa shape index (κ3) is 4.59. The van der Waals surface area contributed by atoms with E-state index < -0.39 is 0 Å². The molecule has 1 heterocycles. The number of imidazole rings is 1. The molecule has 0 fully saturated rings. The first-order valence-electron chi connectivity index (χ1n) is 11.3. The van der Waals surface area contributed by atoms with E-state index in [-0.39, 0.29) is 5.91 Å². The van der Waals surface area contributed by atoms with Crippen LogP contribution >= 0.6 is 0 Å². The number of aryl methyl sites for hydroxylation is 2. The average Bonchev–Trinajstić information content (AvgIpc) is 3.14. The molecule has 0 saturated carbocycles. The molecular formula is C28H31N3O. The predicted molar refractivity (Wildman–Crippen MR) is 131 cm³/mol. The van der Waals surface area contributed by atoms with Crippen molar-refractivity contribution in [3.05, 3.63) is 100 Å². The highest BCUT2D eigenvalue weighted by molar-refractivity contribution is 5.95. The zero-order valence-electron chi connectivity index (χ0n) is 19.4. The summed E-state index contributed by atoms with van der Waals surface area (Å²) < 4.78 is 2.20. The highest BCUT2D eigenvalue weighted by Crippen LogP contribution is 2.22. The molecule has 4 rings (SSSR count). The maximum atomic E-state index is 12.8. The summed E-state index contributed by atoms with van der Waals surface area (Å²) in [5.74, 6) is 1.35. The normalized spacial score (nSPS) is 12.1. The molecule has 0 bridgehead atoms. The first-order chi connectivity index (χ1) is 15.5. The molecule has 0 aliphatic rings. The molecule has 0 aliphatic heterocycles. The zero-order chi connectivity index (χ0) is 22.7. The van der Waals surface area contributed by atoms with Crippen molar-refractivity contribution >= 4 is 16.9 Å². The van der Waals surface area contributed by atoms with Crippen LogP contribution in [0.5, 0.6) is 0 Å². The Kier molecular flexibility index (Phi) is 6.40. The lowest BCUT2D eigenvalue weighted by Crippen LogP contribution is -2.25. The molecule has 0 aliphatic carbocycles. The Morgan fingerprint density at radius 2 is 1.78 bits per heavy atom. The summed E-state index contributed by atoms with van der Waals surface area (Å²) in [7, 11) is 0. The summed E-state index contributed by atoms with van der Waals surface area (Å²) in [6, 6.07) is 22.9. The number of carbonyl (C=O) groups excluding carboxylic acids is 1. The maximum absolute atomic E-state index is 12.8.